The summed E-state index contributed by atoms with van der Waals surface area (Å²) in [4.78, 5) is 2.10. The molecule has 0 aliphatic heterocycles. The average Bonchev–Trinajstić information content (AvgIpc) is 1.79. The number of aliphatic hydroxyl groups is 1. The minimum absolute atomic E-state index is 0.587. The van der Waals surface area contributed by atoms with E-state index < -0.39 is 5.60 Å². The van der Waals surface area contributed by atoms with Crippen LogP contribution in [0.5, 0.6) is 0 Å². The molecule has 0 aromatic carbocycles. The molecule has 66 valence electrons. The highest BCUT2D eigenvalue weighted by Gasteiger charge is 2.14. The van der Waals surface area contributed by atoms with Crippen molar-refractivity contribution >= 4 is 0 Å². The summed E-state index contributed by atoms with van der Waals surface area (Å²) in [6.07, 6.45) is 2.87. The Morgan fingerprint density at radius 2 is 2.09 bits per heavy atom. The van der Waals surface area contributed by atoms with Gasteiger partial charge in [-0.2, -0.15) is 0 Å². The number of hydrogen-bond acceptors (Lipinski definition) is 2. The molecule has 0 radical (unpaired) electrons. The zero-order valence-corrected chi connectivity index (χ0v) is 7.80. The summed E-state index contributed by atoms with van der Waals surface area (Å²) in [5.41, 5.74) is -0.587. The van der Waals surface area contributed by atoms with E-state index in [9.17, 15) is 5.11 Å². The molecular formula is C9H19NO. The Hall–Kier alpha value is -0.340. The van der Waals surface area contributed by atoms with Gasteiger partial charge in [-0.05, 0) is 27.3 Å². The smallest absolute Gasteiger partial charge is 0.0718 e. The molecule has 0 saturated carbocycles. The van der Waals surface area contributed by atoms with Crippen LogP contribution in [0.4, 0.5) is 0 Å². The molecule has 1 N–H and O–H groups in total. The first-order valence-corrected chi connectivity index (χ1v) is 3.97. The van der Waals surface area contributed by atoms with E-state index in [4.69, 9.17) is 0 Å². The Morgan fingerprint density at radius 3 is 2.45 bits per heavy atom. The van der Waals surface area contributed by atoms with Gasteiger partial charge < -0.3 is 10.0 Å². The van der Waals surface area contributed by atoms with Crippen LogP contribution in [0.2, 0.25) is 0 Å². The lowest BCUT2D eigenvalue weighted by Gasteiger charge is -2.24. The Bertz CT molecular complexity index is 115. The van der Waals surface area contributed by atoms with E-state index in [1.54, 1.807) is 0 Å². The summed E-state index contributed by atoms with van der Waals surface area (Å²) < 4.78 is 0. The van der Waals surface area contributed by atoms with Crippen LogP contribution < -0.4 is 0 Å². The highest BCUT2D eigenvalue weighted by atomic mass is 16.3. The third-order valence-corrected chi connectivity index (χ3v) is 1.37. The maximum absolute atomic E-state index is 9.42. The zero-order valence-electron chi connectivity index (χ0n) is 7.80. The first kappa shape index (κ1) is 10.7. The molecule has 0 amide bonds. The van der Waals surface area contributed by atoms with Gasteiger partial charge in [-0.3, -0.25) is 0 Å². The zero-order chi connectivity index (χ0) is 8.91. The molecule has 0 fully saturated rings. The molecule has 0 aliphatic carbocycles. The van der Waals surface area contributed by atoms with Crippen molar-refractivity contribution in [3.05, 3.63) is 12.7 Å². The Balaban J connectivity index is 3.51. The largest absolute Gasteiger partial charge is 0.389 e. The van der Waals surface area contributed by atoms with Gasteiger partial charge in [0.1, 0.15) is 0 Å². The maximum atomic E-state index is 9.42. The van der Waals surface area contributed by atoms with E-state index in [1.807, 2.05) is 27.0 Å². The second-order valence-electron chi connectivity index (χ2n) is 3.63. The number of likely N-dealkylation sites (N-methyl/N-ethyl adjacent to an activating group) is 1. The fourth-order valence-corrected chi connectivity index (χ4v) is 1.05. The predicted octanol–water partition coefficient (Wildman–Crippen LogP) is 1.27. The minimum Gasteiger partial charge on any atom is -0.389 e. The summed E-state index contributed by atoms with van der Waals surface area (Å²) >= 11 is 0. The lowest BCUT2D eigenvalue weighted by molar-refractivity contribution is 0.0451. The topological polar surface area (TPSA) is 23.5 Å². The molecule has 0 saturated heterocycles. The standard InChI is InChI=1S/C9H19NO/c1-5-6-7-10(4)8-9(2,3)11/h5,11H,1,6-8H2,2-4H3. The minimum atomic E-state index is -0.587. The molecule has 2 heteroatoms. The fraction of sp³-hybridized carbons (Fsp3) is 0.778. The second-order valence-corrected chi connectivity index (χ2v) is 3.63. The van der Waals surface area contributed by atoms with Gasteiger partial charge in [0.2, 0.25) is 0 Å². The molecule has 0 aromatic heterocycles. The van der Waals surface area contributed by atoms with Crippen LogP contribution in [-0.4, -0.2) is 35.7 Å². The molecule has 0 atom stereocenters. The van der Waals surface area contributed by atoms with Crippen molar-refractivity contribution in [3.63, 3.8) is 0 Å². The van der Waals surface area contributed by atoms with E-state index in [-0.39, 0.29) is 0 Å². The van der Waals surface area contributed by atoms with Gasteiger partial charge in [0, 0.05) is 13.1 Å². The summed E-state index contributed by atoms with van der Waals surface area (Å²) in [5, 5.41) is 9.42. The molecule has 2 nitrogen and oxygen atoms in total. The summed E-state index contributed by atoms with van der Waals surface area (Å²) in [6, 6.07) is 0. The van der Waals surface area contributed by atoms with Gasteiger partial charge in [-0.25, -0.2) is 0 Å². The van der Waals surface area contributed by atoms with Gasteiger partial charge in [0.25, 0.3) is 0 Å². The van der Waals surface area contributed by atoms with Gasteiger partial charge in [-0.15, -0.1) is 6.58 Å². The van der Waals surface area contributed by atoms with Crippen molar-refractivity contribution in [2.24, 2.45) is 0 Å². The van der Waals surface area contributed by atoms with Crippen molar-refractivity contribution in [2.75, 3.05) is 20.1 Å². The molecule has 0 aromatic rings. The third kappa shape index (κ3) is 7.56. The normalized spacial score (nSPS) is 12.1. The predicted molar refractivity (Wildman–Crippen MR) is 48.6 cm³/mol. The number of nitrogens with zero attached hydrogens (tertiary/aromatic N) is 1. The van der Waals surface area contributed by atoms with E-state index in [2.05, 4.69) is 11.5 Å². The molecule has 0 heterocycles. The quantitative estimate of drug-likeness (QED) is 0.607. The maximum Gasteiger partial charge on any atom is 0.0718 e. The SMILES string of the molecule is C=CCCN(C)CC(C)(C)O. The number of rotatable bonds is 5. The van der Waals surface area contributed by atoms with Crippen LogP contribution >= 0.6 is 0 Å². The van der Waals surface area contributed by atoms with Crippen molar-refractivity contribution in [3.8, 4) is 0 Å². The third-order valence-electron chi connectivity index (χ3n) is 1.37. The highest BCUT2D eigenvalue weighted by molar-refractivity contribution is 4.73. The van der Waals surface area contributed by atoms with Crippen LogP contribution in [0.25, 0.3) is 0 Å². The molecular weight excluding hydrogens is 138 g/mol. The molecule has 0 bridgehead atoms. The van der Waals surface area contributed by atoms with Crippen LogP contribution in [0.1, 0.15) is 20.3 Å². The second kappa shape index (κ2) is 4.52. The van der Waals surface area contributed by atoms with Gasteiger partial charge in [0.15, 0.2) is 0 Å². The van der Waals surface area contributed by atoms with E-state index in [1.165, 1.54) is 0 Å². The average molecular weight is 157 g/mol. The van der Waals surface area contributed by atoms with Crippen molar-refractivity contribution in [1.82, 2.24) is 4.90 Å². The first-order chi connectivity index (χ1) is 4.95. The van der Waals surface area contributed by atoms with Crippen LogP contribution in [-0.2, 0) is 0 Å². The molecule has 0 unspecified atom stereocenters. The highest BCUT2D eigenvalue weighted by Crippen LogP contribution is 2.03. The van der Waals surface area contributed by atoms with Crippen LogP contribution in [0, 0.1) is 0 Å². The summed E-state index contributed by atoms with van der Waals surface area (Å²) in [5.74, 6) is 0. The lowest BCUT2D eigenvalue weighted by atomic mass is 10.1. The van der Waals surface area contributed by atoms with Gasteiger partial charge in [-0.1, -0.05) is 6.08 Å². The molecule has 0 spiro atoms. The summed E-state index contributed by atoms with van der Waals surface area (Å²) in [7, 11) is 2.00. The Kier molecular flexibility index (Phi) is 4.38. The Morgan fingerprint density at radius 1 is 1.55 bits per heavy atom. The van der Waals surface area contributed by atoms with Crippen molar-refractivity contribution in [2.45, 2.75) is 25.9 Å². The van der Waals surface area contributed by atoms with E-state index in [0.29, 0.717) is 6.54 Å². The fourth-order valence-electron chi connectivity index (χ4n) is 1.05. The van der Waals surface area contributed by atoms with Crippen molar-refractivity contribution in [1.29, 1.82) is 0 Å². The molecule has 11 heavy (non-hydrogen) atoms. The molecule has 0 aliphatic rings. The van der Waals surface area contributed by atoms with E-state index in [0.717, 1.165) is 13.0 Å². The van der Waals surface area contributed by atoms with Crippen LogP contribution in [0.15, 0.2) is 12.7 Å². The van der Waals surface area contributed by atoms with Crippen LogP contribution in [0.3, 0.4) is 0 Å². The Labute approximate surface area is 69.5 Å². The first-order valence-electron chi connectivity index (χ1n) is 3.97. The van der Waals surface area contributed by atoms with Gasteiger partial charge >= 0.3 is 0 Å². The van der Waals surface area contributed by atoms with Gasteiger partial charge in [0.05, 0.1) is 5.60 Å². The van der Waals surface area contributed by atoms with Crippen molar-refractivity contribution < 1.29 is 5.11 Å². The molecule has 0 rings (SSSR count). The number of hydrogen-bond donors (Lipinski definition) is 1. The van der Waals surface area contributed by atoms with E-state index >= 15 is 0 Å². The monoisotopic (exact) mass is 157 g/mol. The lowest BCUT2D eigenvalue weighted by Crippen LogP contribution is -2.36. The summed E-state index contributed by atoms with van der Waals surface area (Å²) in [6.45, 7) is 8.95.